The fraction of sp³-hybridized carbons (Fsp3) is 0.300. The molecule has 3 aromatic rings. The zero-order valence-electron chi connectivity index (χ0n) is 15.6. The second kappa shape index (κ2) is 8.18. The number of amides is 1. The van der Waals surface area contributed by atoms with Crippen molar-refractivity contribution in [3.05, 3.63) is 59.5 Å². The summed E-state index contributed by atoms with van der Waals surface area (Å²) in [5.41, 5.74) is 1.88. The normalized spacial score (nSPS) is 14.1. The molecule has 0 saturated carbocycles. The molecule has 1 fully saturated rings. The maximum atomic E-state index is 12.7. The summed E-state index contributed by atoms with van der Waals surface area (Å²) in [5, 5.41) is 6.73. The van der Waals surface area contributed by atoms with E-state index in [4.69, 9.17) is 9.26 Å². The van der Waals surface area contributed by atoms with Gasteiger partial charge < -0.3 is 19.5 Å². The molecule has 0 bridgehead atoms. The number of hydrogen-bond acceptors (Lipinski definition) is 7. The highest BCUT2D eigenvalue weighted by Crippen LogP contribution is 2.22. The van der Waals surface area contributed by atoms with E-state index in [-0.39, 0.29) is 5.91 Å². The molecule has 1 amide bonds. The van der Waals surface area contributed by atoms with Crippen LogP contribution in [0.2, 0.25) is 0 Å². The van der Waals surface area contributed by atoms with Crippen LogP contribution in [0.4, 0.5) is 5.82 Å². The van der Waals surface area contributed by atoms with Gasteiger partial charge in [-0.05, 0) is 31.2 Å². The molecule has 1 aromatic carbocycles. The number of rotatable bonds is 5. The summed E-state index contributed by atoms with van der Waals surface area (Å²) in [5.74, 6) is 1.53. The van der Waals surface area contributed by atoms with Crippen molar-refractivity contribution in [1.29, 1.82) is 0 Å². The summed E-state index contributed by atoms with van der Waals surface area (Å²) in [6.07, 6.45) is 0. The predicted octanol–water partition coefficient (Wildman–Crippen LogP) is 2.21. The molecule has 0 atom stereocenters. The van der Waals surface area contributed by atoms with Gasteiger partial charge in [-0.3, -0.25) is 4.79 Å². The number of nitrogens with zero attached hydrogens (tertiary/aromatic N) is 4. The zero-order valence-corrected chi connectivity index (χ0v) is 15.6. The average molecular weight is 379 g/mol. The Balaban J connectivity index is 1.47. The van der Waals surface area contributed by atoms with Crippen molar-refractivity contribution in [2.75, 3.05) is 31.2 Å². The van der Waals surface area contributed by atoms with Crippen LogP contribution in [0.1, 0.15) is 21.9 Å². The lowest BCUT2D eigenvalue weighted by Gasteiger charge is -2.28. The number of aromatic nitrogens is 3. The Bertz CT molecular complexity index is 966. The SMILES string of the molecule is Cc1noc(-c2ccccc2C(=O)NCc2cccc(N3CCOCC3)n2)n1. The van der Waals surface area contributed by atoms with E-state index in [9.17, 15) is 4.79 Å². The van der Waals surface area contributed by atoms with E-state index >= 15 is 0 Å². The fourth-order valence-corrected chi connectivity index (χ4v) is 3.07. The number of ether oxygens (including phenoxy) is 1. The van der Waals surface area contributed by atoms with Gasteiger partial charge in [0.2, 0.25) is 0 Å². The van der Waals surface area contributed by atoms with Gasteiger partial charge in [0.05, 0.1) is 36.6 Å². The lowest BCUT2D eigenvalue weighted by atomic mass is 10.1. The fourth-order valence-electron chi connectivity index (χ4n) is 3.07. The molecule has 28 heavy (non-hydrogen) atoms. The number of nitrogens with one attached hydrogen (secondary N) is 1. The Morgan fingerprint density at radius 1 is 1.11 bits per heavy atom. The number of hydrogen-bond donors (Lipinski definition) is 1. The zero-order chi connectivity index (χ0) is 19.3. The van der Waals surface area contributed by atoms with Crippen molar-refractivity contribution < 1.29 is 14.1 Å². The van der Waals surface area contributed by atoms with E-state index in [0.29, 0.717) is 42.6 Å². The Labute approximate surface area is 162 Å². The van der Waals surface area contributed by atoms with Crippen LogP contribution in [0.15, 0.2) is 47.0 Å². The molecule has 1 saturated heterocycles. The highest BCUT2D eigenvalue weighted by molar-refractivity contribution is 5.99. The molecule has 1 aliphatic heterocycles. The topological polar surface area (TPSA) is 93.4 Å². The highest BCUT2D eigenvalue weighted by Gasteiger charge is 2.17. The van der Waals surface area contributed by atoms with Gasteiger partial charge in [-0.1, -0.05) is 23.4 Å². The molecule has 0 aliphatic carbocycles. The lowest BCUT2D eigenvalue weighted by Crippen LogP contribution is -2.37. The summed E-state index contributed by atoms with van der Waals surface area (Å²) in [4.78, 5) is 23.8. The maximum Gasteiger partial charge on any atom is 0.258 e. The lowest BCUT2D eigenvalue weighted by molar-refractivity contribution is 0.0951. The summed E-state index contributed by atoms with van der Waals surface area (Å²) < 4.78 is 10.6. The number of carbonyl (C=O) groups is 1. The smallest absolute Gasteiger partial charge is 0.258 e. The van der Waals surface area contributed by atoms with Crippen LogP contribution in [0.5, 0.6) is 0 Å². The Hall–Kier alpha value is -3.26. The van der Waals surface area contributed by atoms with E-state index in [2.05, 4.69) is 25.3 Å². The van der Waals surface area contributed by atoms with Crippen LogP contribution in [0, 0.1) is 6.92 Å². The van der Waals surface area contributed by atoms with Gasteiger partial charge >= 0.3 is 0 Å². The first kappa shape index (κ1) is 18.1. The number of carbonyl (C=O) groups excluding carboxylic acids is 1. The van der Waals surface area contributed by atoms with Gasteiger partial charge in [0.15, 0.2) is 5.82 Å². The largest absolute Gasteiger partial charge is 0.378 e. The molecule has 4 rings (SSSR count). The van der Waals surface area contributed by atoms with Crippen molar-refractivity contribution in [1.82, 2.24) is 20.4 Å². The first-order valence-corrected chi connectivity index (χ1v) is 9.17. The van der Waals surface area contributed by atoms with Crippen molar-refractivity contribution >= 4 is 11.7 Å². The minimum Gasteiger partial charge on any atom is -0.378 e. The summed E-state index contributed by atoms with van der Waals surface area (Å²) in [6, 6.07) is 13.0. The quantitative estimate of drug-likeness (QED) is 0.726. The van der Waals surface area contributed by atoms with Crippen molar-refractivity contribution in [2.45, 2.75) is 13.5 Å². The molecule has 3 heterocycles. The second-order valence-electron chi connectivity index (χ2n) is 6.46. The minimum atomic E-state index is -0.218. The third kappa shape index (κ3) is 4.01. The van der Waals surface area contributed by atoms with Crippen LogP contribution in [-0.2, 0) is 11.3 Å². The van der Waals surface area contributed by atoms with Crippen LogP contribution >= 0.6 is 0 Å². The average Bonchev–Trinajstić information content (AvgIpc) is 3.19. The van der Waals surface area contributed by atoms with E-state index < -0.39 is 0 Å². The second-order valence-corrected chi connectivity index (χ2v) is 6.46. The molecule has 1 N–H and O–H groups in total. The number of anilines is 1. The van der Waals surface area contributed by atoms with Gasteiger partial charge in [0.25, 0.3) is 11.8 Å². The molecular weight excluding hydrogens is 358 g/mol. The van der Waals surface area contributed by atoms with E-state index in [1.165, 1.54) is 0 Å². The number of aryl methyl sites for hydroxylation is 1. The third-order valence-corrected chi connectivity index (χ3v) is 4.49. The Morgan fingerprint density at radius 2 is 1.93 bits per heavy atom. The third-order valence-electron chi connectivity index (χ3n) is 4.49. The molecule has 0 unspecified atom stereocenters. The van der Waals surface area contributed by atoms with E-state index in [0.717, 1.165) is 24.6 Å². The summed E-state index contributed by atoms with van der Waals surface area (Å²) >= 11 is 0. The molecule has 144 valence electrons. The van der Waals surface area contributed by atoms with Crippen molar-refractivity contribution in [3.8, 4) is 11.5 Å². The van der Waals surface area contributed by atoms with Crippen LogP contribution in [0.25, 0.3) is 11.5 Å². The van der Waals surface area contributed by atoms with Gasteiger partial charge in [-0.2, -0.15) is 4.98 Å². The number of pyridine rings is 1. The predicted molar refractivity (Wildman–Crippen MR) is 103 cm³/mol. The van der Waals surface area contributed by atoms with E-state index in [1.54, 1.807) is 25.1 Å². The minimum absolute atomic E-state index is 0.218. The maximum absolute atomic E-state index is 12.7. The standard InChI is InChI=1S/C20H21N5O3/c1-14-22-20(28-24-14)17-7-3-2-6-16(17)19(26)21-13-15-5-4-8-18(23-15)25-9-11-27-12-10-25/h2-8H,9-13H2,1H3,(H,21,26). The molecule has 8 heteroatoms. The van der Waals surface area contributed by atoms with Crippen molar-refractivity contribution in [3.63, 3.8) is 0 Å². The Kier molecular flexibility index (Phi) is 5.29. The molecule has 8 nitrogen and oxygen atoms in total. The van der Waals surface area contributed by atoms with Crippen molar-refractivity contribution in [2.24, 2.45) is 0 Å². The molecule has 2 aromatic heterocycles. The van der Waals surface area contributed by atoms with Crippen LogP contribution in [0.3, 0.4) is 0 Å². The monoisotopic (exact) mass is 379 g/mol. The van der Waals surface area contributed by atoms with Gasteiger partial charge in [0.1, 0.15) is 5.82 Å². The first-order valence-electron chi connectivity index (χ1n) is 9.17. The van der Waals surface area contributed by atoms with Crippen LogP contribution in [-0.4, -0.2) is 47.3 Å². The highest BCUT2D eigenvalue weighted by atomic mass is 16.5. The van der Waals surface area contributed by atoms with Gasteiger partial charge in [0, 0.05) is 13.1 Å². The van der Waals surface area contributed by atoms with E-state index in [1.807, 2.05) is 24.3 Å². The van der Waals surface area contributed by atoms with Gasteiger partial charge in [-0.15, -0.1) is 0 Å². The Morgan fingerprint density at radius 3 is 2.71 bits per heavy atom. The molecule has 0 radical (unpaired) electrons. The van der Waals surface area contributed by atoms with Gasteiger partial charge in [-0.25, -0.2) is 4.98 Å². The number of morpholine rings is 1. The summed E-state index contributed by atoms with van der Waals surface area (Å²) in [7, 11) is 0. The molecule has 0 spiro atoms. The first-order chi connectivity index (χ1) is 13.7. The molecular formula is C20H21N5O3. The van der Waals surface area contributed by atoms with Crippen LogP contribution < -0.4 is 10.2 Å². The number of benzene rings is 1. The molecule has 1 aliphatic rings. The summed E-state index contributed by atoms with van der Waals surface area (Å²) in [6.45, 7) is 5.11.